The molecule has 1 fully saturated rings. The molecule has 10 heteroatoms. The van der Waals surface area contributed by atoms with Crippen molar-refractivity contribution in [3.05, 3.63) is 145 Å². The first-order valence-corrected chi connectivity index (χ1v) is 18.3. The molecule has 1 aliphatic rings. The molecule has 5 aromatic rings. The van der Waals surface area contributed by atoms with Crippen molar-refractivity contribution in [2.75, 3.05) is 0 Å². The molecular weight excluding hydrogens is 655 g/mol. The second kappa shape index (κ2) is 15.3. The normalized spacial score (nSPS) is 14.0. The fourth-order valence-electron chi connectivity index (χ4n) is 5.92. The summed E-state index contributed by atoms with van der Waals surface area (Å²) in [5, 5.41) is 2.52. The second-order valence-corrected chi connectivity index (χ2v) is 15.6. The van der Waals surface area contributed by atoms with Crippen LogP contribution in [0, 0.1) is 0 Å². The maximum atomic E-state index is 14.8. The number of thioether (sulfide) groups is 1. The Balaban J connectivity index is 1.51. The van der Waals surface area contributed by atoms with E-state index in [4.69, 9.17) is 9.47 Å². The lowest BCUT2D eigenvalue weighted by atomic mass is 9.99. The number of rotatable bonds is 11. The van der Waals surface area contributed by atoms with Crippen LogP contribution in [-0.2, 0) is 30.5 Å². The van der Waals surface area contributed by atoms with Gasteiger partial charge in [-0.05, 0) is 45.4 Å². The van der Waals surface area contributed by atoms with E-state index >= 15 is 0 Å². The molecule has 1 aromatic heterocycles. The first-order chi connectivity index (χ1) is 23.9. The average molecular weight is 689 g/mol. The van der Waals surface area contributed by atoms with Crippen molar-refractivity contribution in [2.24, 2.45) is 0 Å². The van der Waals surface area contributed by atoms with E-state index < -0.39 is 24.9 Å². The third-order valence-corrected chi connectivity index (χ3v) is 13.2. The lowest BCUT2D eigenvalue weighted by molar-refractivity contribution is -0.145. The van der Waals surface area contributed by atoms with Crippen LogP contribution >= 0.6 is 18.6 Å². The summed E-state index contributed by atoms with van der Waals surface area (Å²) in [4.78, 5) is 59.6. The Kier molecular flexibility index (Phi) is 10.5. The van der Waals surface area contributed by atoms with Crippen molar-refractivity contribution in [1.29, 1.82) is 0 Å². The molecule has 49 heavy (non-hydrogen) atoms. The Morgan fingerprint density at radius 1 is 0.776 bits per heavy atom. The molecule has 0 aliphatic carbocycles. The van der Waals surface area contributed by atoms with Crippen LogP contribution in [0.3, 0.4) is 0 Å². The highest BCUT2D eigenvalue weighted by molar-refractivity contribution is 8.13. The maximum absolute atomic E-state index is 14.8. The molecule has 0 saturated carbocycles. The molecule has 0 N–H and O–H groups in total. The van der Waals surface area contributed by atoms with Crippen LogP contribution in [0.2, 0.25) is 0 Å². The van der Waals surface area contributed by atoms with E-state index in [9.17, 15) is 19.2 Å². The van der Waals surface area contributed by atoms with Gasteiger partial charge in [-0.1, -0.05) is 121 Å². The highest BCUT2D eigenvalue weighted by Crippen LogP contribution is 2.49. The predicted octanol–water partition coefficient (Wildman–Crippen LogP) is 5.48. The summed E-state index contributed by atoms with van der Waals surface area (Å²) in [6, 6.07) is 41.1. The molecule has 2 heterocycles. The van der Waals surface area contributed by atoms with Crippen molar-refractivity contribution in [3.8, 4) is 5.75 Å². The Labute approximate surface area is 289 Å². The summed E-state index contributed by atoms with van der Waals surface area (Å²) in [6.45, 7) is -1.83. The van der Waals surface area contributed by atoms with Gasteiger partial charge in [-0.15, -0.1) is 0 Å². The molecule has 0 bridgehead atoms. The van der Waals surface area contributed by atoms with Gasteiger partial charge in [0, 0.05) is 32.8 Å². The molecule has 1 amide bonds. The van der Waals surface area contributed by atoms with Gasteiger partial charge in [0.15, 0.2) is 10.9 Å². The largest absolute Gasteiger partial charge is 0.456 e. The average Bonchev–Trinajstić information content (AvgIpc) is 3.12. The van der Waals surface area contributed by atoms with E-state index in [1.807, 2.05) is 121 Å². The molecule has 8 nitrogen and oxygen atoms in total. The zero-order valence-corrected chi connectivity index (χ0v) is 28.4. The van der Waals surface area contributed by atoms with Crippen LogP contribution in [0.1, 0.15) is 25.3 Å². The van der Waals surface area contributed by atoms with Gasteiger partial charge in [-0.2, -0.15) is 0 Å². The molecule has 1 atom stereocenters. The summed E-state index contributed by atoms with van der Waals surface area (Å²) >= 11 is 0.836. The van der Waals surface area contributed by atoms with Crippen molar-refractivity contribution < 1.29 is 28.7 Å². The number of carbonyl (C=O) groups excluding carboxylic acids is 4. The van der Waals surface area contributed by atoms with Gasteiger partial charge >= 0.3 is 11.9 Å². The van der Waals surface area contributed by atoms with E-state index in [2.05, 4.69) is 4.98 Å². The fourth-order valence-corrected chi connectivity index (χ4v) is 11.2. The molecule has 4 aromatic carbocycles. The SMILES string of the molecule is CC(=O)Oc1cccnc1SC(=O)CC1CC(=O)N1C(C(=O)OCc1ccccc1)=P(c1ccccc1)(c1ccccc1)c1ccccc1. The fraction of sp³-hybridized carbons (Fsp3) is 0.128. The number of amides is 1. The van der Waals surface area contributed by atoms with Crippen molar-refractivity contribution >= 4 is 62.9 Å². The van der Waals surface area contributed by atoms with E-state index in [1.165, 1.54) is 18.0 Å². The summed E-state index contributed by atoms with van der Waals surface area (Å²) < 4.78 is 11.3. The highest BCUT2D eigenvalue weighted by atomic mass is 32.2. The van der Waals surface area contributed by atoms with E-state index in [0.717, 1.165) is 33.2 Å². The van der Waals surface area contributed by atoms with Gasteiger partial charge in [0.2, 0.25) is 5.91 Å². The first-order valence-electron chi connectivity index (χ1n) is 15.7. The molecule has 1 saturated heterocycles. The lowest BCUT2D eigenvalue weighted by Crippen LogP contribution is -2.60. The number of carbonyl (C=O) groups is 4. The Bertz CT molecular complexity index is 1920. The van der Waals surface area contributed by atoms with Gasteiger partial charge in [0.05, 0.1) is 6.04 Å². The quantitative estimate of drug-likeness (QED) is 0.0778. The molecule has 246 valence electrons. The van der Waals surface area contributed by atoms with Crippen LogP contribution in [0.5, 0.6) is 5.75 Å². The zero-order chi connectivity index (χ0) is 34.2. The number of β-lactam (4-membered cyclic amide) rings is 1. The standard InChI is InChI=1S/C39H33N2O6PS/c1-28(42)47-34-23-14-24-40-37(34)49-36(44)26-30-25-35(43)41(30)38(39(45)46-27-29-15-6-2-7-16-29)48(31-17-8-3-9-18-31,32-19-10-4-11-20-32)33-21-12-5-13-22-33/h2-24,30H,25-27H2,1H3. The van der Waals surface area contributed by atoms with Gasteiger partial charge in [-0.25, -0.2) is 9.78 Å². The number of hydrogen-bond donors (Lipinski definition) is 0. The van der Waals surface area contributed by atoms with Crippen LogP contribution in [0.15, 0.2) is 145 Å². The highest BCUT2D eigenvalue weighted by Gasteiger charge is 2.47. The number of likely N-dealkylation sites (tertiary alicyclic amines) is 1. The molecule has 1 aliphatic heterocycles. The molecule has 0 radical (unpaired) electrons. The minimum absolute atomic E-state index is 0.00161. The summed E-state index contributed by atoms with van der Waals surface area (Å²) in [7, 11) is 0. The van der Waals surface area contributed by atoms with E-state index in [-0.39, 0.29) is 46.7 Å². The summed E-state index contributed by atoms with van der Waals surface area (Å²) in [5.74, 6) is -1.27. The van der Waals surface area contributed by atoms with E-state index in [1.54, 1.807) is 12.1 Å². The molecule has 1 unspecified atom stereocenters. The second-order valence-electron chi connectivity index (χ2n) is 11.3. The van der Waals surface area contributed by atoms with Crippen LogP contribution < -0.4 is 20.7 Å². The third-order valence-electron chi connectivity index (χ3n) is 8.02. The molecule has 6 rings (SSSR count). The van der Waals surface area contributed by atoms with Crippen LogP contribution in [-0.4, -0.2) is 44.3 Å². The smallest absolute Gasteiger partial charge is 0.356 e. The van der Waals surface area contributed by atoms with Gasteiger partial charge < -0.3 is 14.4 Å². The Hall–Kier alpha value is -5.24. The topological polar surface area (TPSA) is 103 Å². The number of nitrogens with zero attached hydrogens (tertiary/aromatic N) is 2. The number of esters is 2. The Morgan fingerprint density at radius 2 is 1.31 bits per heavy atom. The molecule has 0 spiro atoms. The minimum Gasteiger partial charge on any atom is -0.456 e. The zero-order valence-electron chi connectivity index (χ0n) is 26.7. The number of ether oxygens (including phenoxy) is 2. The monoisotopic (exact) mass is 688 g/mol. The number of pyridine rings is 1. The predicted molar refractivity (Wildman–Crippen MR) is 193 cm³/mol. The van der Waals surface area contributed by atoms with Gasteiger partial charge in [0.25, 0.3) is 0 Å². The van der Waals surface area contributed by atoms with Crippen molar-refractivity contribution in [3.63, 3.8) is 0 Å². The summed E-state index contributed by atoms with van der Waals surface area (Å²) in [6.07, 6.45) is 1.51. The minimum atomic E-state index is -3.11. The molecular formula is C39H33N2O6PS. The van der Waals surface area contributed by atoms with Crippen molar-refractivity contribution in [2.45, 2.75) is 37.4 Å². The first kappa shape index (κ1) is 33.7. The van der Waals surface area contributed by atoms with Gasteiger partial charge in [-0.3, -0.25) is 14.4 Å². The van der Waals surface area contributed by atoms with Crippen LogP contribution in [0.25, 0.3) is 0 Å². The van der Waals surface area contributed by atoms with Crippen LogP contribution in [0.4, 0.5) is 0 Å². The number of aromatic nitrogens is 1. The third kappa shape index (κ3) is 7.28. The number of hydrogen-bond acceptors (Lipinski definition) is 8. The number of benzene rings is 4. The van der Waals surface area contributed by atoms with Gasteiger partial charge in [0.1, 0.15) is 17.1 Å². The van der Waals surface area contributed by atoms with E-state index in [0.29, 0.717) is 0 Å². The Morgan fingerprint density at radius 3 is 1.82 bits per heavy atom. The van der Waals surface area contributed by atoms with Crippen molar-refractivity contribution in [1.82, 2.24) is 9.88 Å². The lowest BCUT2D eigenvalue weighted by Gasteiger charge is -2.45. The summed E-state index contributed by atoms with van der Waals surface area (Å²) in [5.41, 5.74) is 1.01. The maximum Gasteiger partial charge on any atom is 0.356 e.